The second-order valence-electron chi connectivity index (χ2n) is 3.68. The molecule has 3 nitrogen and oxygen atoms in total. The summed E-state index contributed by atoms with van der Waals surface area (Å²) < 4.78 is 10.8. The Morgan fingerprint density at radius 2 is 1.81 bits per heavy atom. The highest BCUT2D eigenvalue weighted by molar-refractivity contribution is 6.51. The molecule has 94 valence electrons. The van der Waals surface area contributed by atoms with Gasteiger partial charge in [-0.1, -0.05) is 19.9 Å². The van der Waals surface area contributed by atoms with Gasteiger partial charge in [0.2, 0.25) is 0 Å². The lowest BCUT2D eigenvalue weighted by atomic mass is 10.3. The summed E-state index contributed by atoms with van der Waals surface area (Å²) in [7, 11) is -0.894. The molecule has 0 saturated carbocycles. The van der Waals surface area contributed by atoms with Crippen molar-refractivity contribution in [1.29, 1.82) is 0 Å². The van der Waals surface area contributed by atoms with E-state index in [2.05, 4.69) is 13.8 Å². The number of ether oxygens (including phenoxy) is 1. The topological polar surface area (TPSA) is 35.5 Å². The van der Waals surface area contributed by atoms with Crippen LogP contribution in [-0.2, 0) is 14.0 Å². The van der Waals surface area contributed by atoms with Crippen LogP contribution in [0, 0.1) is 0 Å². The van der Waals surface area contributed by atoms with Crippen LogP contribution in [0.2, 0.25) is 12.1 Å². The van der Waals surface area contributed by atoms with Crippen molar-refractivity contribution in [1.82, 2.24) is 0 Å². The van der Waals surface area contributed by atoms with Crippen LogP contribution in [0.25, 0.3) is 0 Å². The molecule has 0 aromatic rings. The summed E-state index contributed by atoms with van der Waals surface area (Å²) in [6.07, 6.45) is 4.99. The largest absolute Gasteiger partial charge is 0.463 e. The van der Waals surface area contributed by atoms with Crippen molar-refractivity contribution >= 4 is 15.0 Å². The number of esters is 1. The zero-order valence-electron chi connectivity index (χ0n) is 10.7. The summed E-state index contributed by atoms with van der Waals surface area (Å²) in [5, 5.41) is 0. The van der Waals surface area contributed by atoms with Crippen molar-refractivity contribution < 1.29 is 14.0 Å². The van der Waals surface area contributed by atoms with Crippen molar-refractivity contribution in [3.8, 4) is 0 Å². The van der Waals surface area contributed by atoms with E-state index in [-0.39, 0.29) is 5.97 Å². The molecule has 0 atom stereocenters. The Balaban J connectivity index is 3.30. The van der Waals surface area contributed by atoms with Gasteiger partial charge < -0.3 is 9.16 Å². The predicted octanol–water partition coefficient (Wildman–Crippen LogP) is 2.67. The summed E-state index contributed by atoms with van der Waals surface area (Å²) in [6.45, 7) is 7.50. The van der Waals surface area contributed by atoms with E-state index in [0.717, 1.165) is 19.4 Å². The van der Waals surface area contributed by atoms with Crippen LogP contribution < -0.4 is 0 Å². The van der Waals surface area contributed by atoms with Crippen LogP contribution in [0.15, 0.2) is 12.2 Å². The molecule has 0 unspecified atom stereocenters. The van der Waals surface area contributed by atoms with Crippen molar-refractivity contribution in [3.05, 3.63) is 12.2 Å². The van der Waals surface area contributed by atoms with E-state index in [1.165, 1.54) is 18.2 Å². The van der Waals surface area contributed by atoms with Gasteiger partial charge in [0.25, 0.3) is 0 Å². The zero-order valence-corrected chi connectivity index (χ0v) is 11.9. The van der Waals surface area contributed by atoms with Crippen LogP contribution in [-0.4, -0.2) is 28.2 Å². The van der Waals surface area contributed by atoms with E-state index in [0.29, 0.717) is 6.61 Å². The summed E-state index contributed by atoms with van der Waals surface area (Å²) in [4.78, 5) is 10.9. The quantitative estimate of drug-likeness (QED) is 0.271. The van der Waals surface area contributed by atoms with Crippen molar-refractivity contribution in [3.63, 3.8) is 0 Å². The number of carbonyl (C=O) groups excluding carboxylic acids is 1. The molecule has 0 radical (unpaired) electrons. The van der Waals surface area contributed by atoms with Gasteiger partial charge in [-0.2, -0.15) is 0 Å². The number of carbonyl (C=O) groups is 1. The molecule has 0 rings (SSSR count). The predicted molar refractivity (Wildman–Crippen MR) is 69.1 cm³/mol. The van der Waals surface area contributed by atoms with Gasteiger partial charge in [0.1, 0.15) is 0 Å². The lowest BCUT2D eigenvalue weighted by Gasteiger charge is -2.11. The van der Waals surface area contributed by atoms with Crippen molar-refractivity contribution in [2.45, 2.75) is 45.7 Å². The molecule has 0 aromatic carbocycles. The molecular formula is C12H24O3Si. The SMILES string of the molecule is CC=CC(=O)OCCCCO[SiH](CC)CC. The number of unbranched alkanes of at least 4 members (excludes halogenated alkanes) is 1. The maximum absolute atomic E-state index is 10.9. The molecule has 0 fully saturated rings. The Hall–Kier alpha value is -0.613. The van der Waals surface area contributed by atoms with E-state index in [1.807, 2.05) is 0 Å². The molecule has 0 spiro atoms. The highest BCUT2D eigenvalue weighted by Crippen LogP contribution is 2.02. The molecule has 0 aliphatic heterocycles. The standard InChI is InChI=1S/C12H24O3Si/c1-4-9-12(13)14-10-7-8-11-15-16(5-2)6-3/h4,9,16H,5-8,10-11H2,1-3H3. The average Bonchev–Trinajstić information content (AvgIpc) is 2.29. The highest BCUT2D eigenvalue weighted by atomic mass is 28.3. The van der Waals surface area contributed by atoms with E-state index in [4.69, 9.17) is 9.16 Å². The lowest BCUT2D eigenvalue weighted by Crippen LogP contribution is -2.16. The molecule has 0 aliphatic carbocycles. The molecule has 0 aliphatic rings. The highest BCUT2D eigenvalue weighted by Gasteiger charge is 2.05. The van der Waals surface area contributed by atoms with Crippen LogP contribution in [0.5, 0.6) is 0 Å². The summed E-state index contributed by atoms with van der Waals surface area (Å²) in [5.41, 5.74) is 0. The van der Waals surface area contributed by atoms with Crippen LogP contribution in [0.4, 0.5) is 0 Å². The Bertz CT molecular complexity index is 200. The Kier molecular flexibility index (Phi) is 10.5. The Labute approximate surface area is 101 Å². The fourth-order valence-electron chi connectivity index (χ4n) is 1.34. The second kappa shape index (κ2) is 10.9. The smallest absolute Gasteiger partial charge is 0.330 e. The fraction of sp³-hybridized carbons (Fsp3) is 0.750. The van der Waals surface area contributed by atoms with Gasteiger partial charge in [-0.15, -0.1) is 0 Å². The molecule has 0 N–H and O–H groups in total. The van der Waals surface area contributed by atoms with Crippen molar-refractivity contribution in [2.75, 3.05) is 13.2 Å². The van der Waals surface area contributed by atoms with Gasteiger partial charge in [0.15, 0.2) is 9.04 Å². The minimum atomic E-state index is -0.894. The summed E-state index contributed by atoms with van der Waals surface area (Å²) in [5.74, 6) is -0.252. The second-order valence-corrected chi connectivity index (χ2v) is 6.89. The van der Waals surface area contributed by atoms with Crippen LogP contribution >= 0.6 is 0 Å². The molecule has 0 aromatic heterocycles. The fourth-order valence-corrected chi connectivity index (χ4v) is 2.88. The van der Waals surface area contributed by atoms with E-state index >= 15 is 0 Å². The molecule has 0 saturated heterocycles. The molecule has 16 heavy (non-hydrogen) atoms. The van der Waals surface area contributed by atoms with E-state index in [9.17, 15) is 4.79 Å². The zero-order chi connectivity index (χ0) is 12.2. The normalized spacial score (nSPS) is 11.2. The summed E-state index contributed by atoms with van der Waals surface area (Å²) in [6, 6.07) is 2.40. The number of allylic oxidation sites excluding steroid dienone is 1. The van der Waals surface area contributed by atoms with E-state index < -0.39 is 9.04 Å². The Morgan fingerprint density at radius 1 is 1.19 bits per heavy atom. The van der Waals surface area contributed by atoms with Crippen LogP contribution in [0.1, 0.15) is 33.6 Å². The number of hydrogen-bond donors (Lipinski definition) is 0. The van der Waals surface area contributed by atoms with Crippen molar-refractivity contribution in [2.24, 2.45) is 0 Å². The molecule has 0 bridgehead atoms. The molecule has 0 heterocycles. The van der Waals surface area contributed by atoms with E-state index in [1.54, 1.807) is 13.0 Å². The molecular weight excluding hydrogens is 220 g/mol. The first-order valence-electron chi connectivity index (χ1n) is 6.15. The maximum Gasteiger partial charge on any atom is 0.330 e. The van der Waals surface area contributed by atoms with Gasteiger partial charge >= 0.3 is 5.97 Å². The lowest BCUT2D eigenvalue weighted by molar-refractivity contribution is -0.137. The molecule has 0 amide bonds. The third-order valence-electron chi connectivity index (χ3n) is 2.35. The number of rotatable bonds is 9. The van der Waals surface area contributed by atoms with Gasteiger partial charge in [-0.3, -0.25) is 0 Å². The minimum absolute atomic E-state index is 0.252. The average molecular weight is 244 g/mol. The minimum Gasteiger partial charge on any atom is -0.463 e. The van der Waals surface area contributed by atoms with Gasteiger partial charge in [0, 0.05) is 12.7 Å². The first-order chi connectivity index (χ1) is 7.74. The van der Waals surface area contributed by atoms with Crippen LogP contribution in [0.3, 0.4) is 0 Å². The summed E-state index contributed by atoms with van der Waals surface area (Å²) >= 11 is 0. The maximum atomic E-state index is 10.9. The number of hydrogen-bond acceptors (Lipinski definition) is 3. The van der Waals surface area contributed by atoms with Gasteiger partial charge in [-0.25, -0.2) is 4.79 Å². The van der Waals surface area contributed by atoms with Gasteiger partial charge in [-0.05, 0) is 31.9 Å². The first-order valence-corrected chi connectivity index (χ1v) is 8.26. The molecule has 4 heteroatoms. The third kappa shape index (κ3) is 8.68. The monoisotopic (exact) mass is 244 g/mol. The Morgan fingerprint density at radius 3 is 2.38 bits per heavy atom. The first kappa shape index (κ1) is 15.4. The van der Waals surface area contributed by atoms with Gasteiger partial charge in [0.05, 0.1) is 6.61 Å². The third-order valence-corrected chi connectivity index (χ3v) is 4.88.